The van der Waals surface area contributed by atoms with Gasteiger partial charge in [-0.2, -0.15) is 0 Å². The summed E-state index contributed by atoms with van der Waals surface area (Å²) in [6.45, 7) is 5.93. The smallest absolute Gasteiger partial charge is 0.229 e. The number of carbonyl (C=O) groups excluding carboxylic acids is 1. The Morgan fingerprint density at radius 2 is 1.64 bits per heavy atom. The highest BCUT2D eigenvalue weighted by Crippen LogP contribution is 2.31. The Hall–Kier alpha value is -3.02. The summed E-state index contributed by atoms with van der Waals surface area (Å²) in [7, 11) is 1.64. The number of hydrogen-bond donors (Lipinski definition) is 0. The Morgan fingerprint density at radius 1 is 0.939 bits per heavy atom. The van der Waals surface area contributed by atoms with Crippen molar-refractivity contribution in [2.75, 3.05) is 33.3 Å². The van der Waals surface area contributed by atoms with Crippen LogP contribution in [0.4, 0.5) is 0 Å². The maximum absolute atomic E-state index is 13.0. The van der Waals surface area contributed by atoms with Crippen LogP contribution < -0.4 is 9.47 Å². The van der Waals surface area contributed by atoms with Crippen LogP contribution in [-0.4, -0.2) is 49.0 Å². The molecule has 1 unspecified atom stereocenters. The van der Waals surface area contributed by atoms with Crippen molar-refractivity contribution in [3.8, 4) is 17.2 Å². The quantitative estimate of drug-likeness (QED) is 0.457. The van der Waals surface area contributed by atoms with Crippen molar-refractivity contribution in [2.45, 2.75) is 19.4 Å². The summed E-state index contributed by atoms with van der Waals surface area (Å²) in [5, 5.41) is 0.685. The number of rotatable bonds is 7. The second kappa shape index (κ2) is 10.7. The SMILES string of the molecule is COc1ccccc1Oc1cccc(CN2CCN(C(=O)C(C)c3ccc(Cl)cc3)CC2)c1. The highest BCUT2D eigenvalue weighted by atomic mass is 35.5. The van der Waals surface area contributed by atoms with Crippen molar-refractivity contribution in [2.24, 2.45) is 0 Å². The zero-order chi connectivity index (χ0) is 23.2. The number of amides is 1. The van der Waals surface area contributed by atoms with E-state index in [1.807, 2.05) is 72.5 Å². The van der Waals surface area contributed by atoms with Gasteiger partial charge in [0.1, 0.15) is 5.75 Å². The van der Waals surface area contributed by atoms with Crippen LogP contribution in [0.2, 0.25) is 5.02 Å². The van der Waals surface area contributed by atoms with E-state index in [0.29, 0.717) is 16.5 Å². The zero-order valence-electron chi connectivity index (χ0n) is 19.0. The number of carbonyl (C=O) groups is 1. The Bertz CT molecular complexity index is 1080. The van der Waals surface area contributed by atoms with E-state index in [9.17, 15) is 4.79 Å². The van der Waals surface area contributed by atoms with Gasteiger partial charge < -0.3 is 14.4 Å². The van der Waals surface area contributed by atoms with Crippen LogP contribution in [0.25, 0.3) is 0 Å². The van der Waals surface area contributed by atoms with Gasteiger partial charge in [0.25, 0.3) is 0 Å². The van der Waals surface area contributed by atoms with Gasteiger partial charge in [0, 0.05) is 37.7 Å². The lowest BCUT2D eigenvalue weighted by molar-refractivity contribution is -0.134. The molecule has 1 saturated heterocycles. The molecule has 0 radical (unpaired) electrons. The van der Waals surface area contributed by atoms with Crippen LogP contribution >= 0.6 is 11.6 Å². The van der Waals surface area contributed by atoms with Gasteiger partial charge in [-0.3, -0.25) is 9.69 Å². The number of benzene rings is 3. The van der Waals surface area contributed by atoms with E-state index >= 15 is 0 Å². The highest BCUT2D eigenvalue weighted by molar-refractivity contribution is 6.30. The molecule has 0 N–H and O–H groups in total. The molecule has 5 nitrogen and oxygen atoms in total. The Morgan fingerprint density at radius 3 is 2.33 bits per heavy atom. The highest BCUT2D eigenvalue weighted by Gasteiger charge is 2.25. The van der Waals surface area contributed by atoms with Gasteiger partial charge in [0.05, 0.1) is 13.0 Å². The largest absolute Gasteiger partial charge is 0.493 e. The first-order valence-corrected chi connectivity index (χ1v) is 11.6. The molecule has 0 saturated carbocycles. The monoisotopic (exact) mass is 464 g/mol. The second-order valence-corrected chi connectivity index (χ2v) is 8.71. The third kappa shape index (κ3) is 5.86. The van der Waals surface area contributed by atoms with Gasteiger partial charge in [-0.25, -0.2) is 0 Å². The number of halogens is 1. The molecule has 1 atom stereocenters. The molecule has 1 aliphatic heterocycles. The molecule has 1 heterocycles. The summed E-state index contributed by atoms with van der Waals surface area (Å²) in [4.78, 5) is 17.3. The van der Waals surface area contributed by atoms with E-state index in [4.69, 9.17) is 21.1 Å². The number of methoxy groups -OCH3 is 1. The third-order valence-electron chi connectivity index (χ3n) is 6.03. The molecule has 0 aromatic heterocycles. The lowest BCUT2D eigenvalue weighted by Gasteiger charge is -2.36. The first-order valence-electron chi connectivity index (χ1n) is 11.2. The van der Waals surface area contributed by atoms with Gasteiger partial charge in [0.2, 0.25) is 5.91 Å². The molecular weight excluding hydrogens is 436 g/mol. The standard InChI is InChI=1S/C27H29ClN2O3/c1-20(22-10-12-23(28)13-11-22)27(31)30-16-14-29(15-17-30)19-21-6-5-7-24(18-21)33-26-9-4-3-8-25(26)32-2/h3-13,18,20H,14-17,19H2,1-2H3. The number of para-hydroxylation sites is 2. The van der Waals surface area contributed by atoms with E-state index < -0.39 is 0 Å². The molecule has 3 aromatic rings. The fourth-order valence-corrected chi connectivity index (χ4v) is 4.22. The molecule has 1 amide bonds. The zero-order valence-corrected chi connectivity index (χ0v) is 19.8. The predicted molar refractivity (Wildman–Crippen MR) is 131 cm³/mol. The van der Waals surface area contributed by atoms with Crippen LogP contribution in [-0.2, 0) is 11.3 Å². The Kier molecular flexibility index (Phi) is 7.53. The van der Waals surface area contributed by atoms with Gasteiger partial charge in [-0.05, 0) is 54.4 Å². The summed E-state index contributed by atoms with van der Waals surface area (Å²) in [6.07, 6.45) is 0. The van der Waals surface area contributed by atoms with E-state index in [1.54, 1.807) is 7.11 Å². The predicted octanol–water partition coefficient (Wildman–Crippen LogP) is 5.59. The lowest BCUT2D eigenvalue weighted by Crippen LogP contribution is -2.49. The number of hydrogen-bond acceptors (Lipinski definition) is 4. The fourth-order valence-electron chi connectivity index (χ4n) is 4.09. The molecule has 6 heteroatoms. The molecule has 3 aromatic carbocycles. The number of piperazine rings is 1. The molecule has 0 bridgehead atoms. The van der Waals surface area contributed by atoms with Crippen LogP contribution in [0.1, 0.15) is 24.0 Å². The number of nitrogens with zero attached hydrogens (tertiary/aromatic N) is 2. The van der Waals surface area contributed by atoms with Crippen LogP contribution in [0.5, 0.6) is 17.2 Å². The molecule has 4 rings (SSSR count). The molecule has 172 valence electrons. The van der Waals surface area contributed by atoms with Crippen LogP contribution in [0, 0.1) is 0 Å². The summed E-state index contributed by atoms with van der Waals surface area (Å²) >= 11 is 5.98. The van der Waals surface area contributed by atoms with Crippen molar-refractivity contribution >= 4 is 17.5 Å². The molecule has 33 heavy (non-hydrogen) atoms. The molecule has 0 spiro atoms. The van der Waals surface area contributed by atoms with E-state index in [-0.39, 0.29) is 11.8 Å². The molecule has 1 aliphatic rings. The average Bonchev–Trinajstić information content (AvgIpc) is 2.85. The molecule has 0 aliphatic carbocycles. The van der Waals surface area contributed by atoms with Gasteiger partial charge in [-0.15, -0.1) is 0 Å². The minimum Gasteiger partial charge on any atom is -0.493 e. The van der Waals surface area contributed by atoms with E-state index in [2.05, 4.69) is 17.0 Å². The van der Waals surface area contributed by atoms with E-state index in [0.717, 1.165) is 44.0 Å². The first kappa shape index (κ1) is 23.1. The van der Waals surface area contributed by atoms with Gasteiger partial charge in [-0.1, -0.05) is 48.0 Å². The van der Waals surface area contributed by atoms with Crippen molar-refractivity contribution in [3.63, 3.8) is 0 Å². The summed E-state index contributed by atoms with van der Waals surface area (Å²) in [5.41, 5.74) is 2.18. The summed E-state index contributed by atoms with van der Waals surface area (Å²) < 4.78 is 11.4. The van der Waals surface area contributed by atoms with E-state index in [1.165, 1.54) is 5.56 Å². The van der Waals surface area contributed by atoms with Crippen LogP contribution in [0.15, 0.2) is 72.8 Å². The Labute approximate surface area is 200 Å². The van der Waals surface area contributed by atoms with Crippen molar-refractivity contribution in [1.82, 2.24) is 9.80 Å². The number of ether oxygens (including phenoxy) is 2. The topological polar surface area (TPSA) is 42.0 Å². The second-order valence-electron chi connectivity index (χ2n) is 8.27. The lowest BCUT2D eigenvalue weighted by atomic mass is 9.99. The van der Waals surface area contributed by atoms with Crippen molar-refractivity contribution in [3.05, 3.63) is 88.9 Å². The normalized spacial score (nSPS) is 15.2. The minimum absolute atomic E-state index is 0.169. The van der Waals surface area contributed by atoms with Gasteiger partial charge >= 0.3 is 0 Å². The van der Waals surface area contributed by atoms with Gasteiger partial charge in [0.15, 0.2) is 11.5 Å². The summed E-state index contributed by atoms with van der Waals surface area (Å²) in [6, 6.07) is 23.3. The maximum atomic E-state index is 13.0. The van der Waals surface area contributed by atoms with Crippen LogP contribution in [0.3, 0.4) is 0 Å². The first-order chi connectivity index (χ1) is 16.0. The minimum atomic E-state index is -0.169. The van der Waals surface area contributed by atoms with Crippen molar-refractivity contribution < 1.29 is 14.3 Å². The summed E-state index contributed by atoms with van der Waals surface area (Å²) in [5.74, 6) is 2.18. The molecular formula is C27H29ClN2O3. The average molecular weight is 465 g/mol. The third-order valence-corrected chi connectivity index (χ3v) is 6.28. The Balaban J connectivity index is 1.32. The molecule has 1 fully saturated rings. The van der Waals surface area contributed by atoms with Crippen molar-refractivity contribution in [1.29, 1.82) is 0 Å². The fraction of sp³-hybridized carbons (Fsp3) is 0.296. The maximum Gasteiger partial charge on any atom is 0.229 e.